The number of rotatable bonds is 7. The number of amides is 1. The third-order valence-electron chi connectivity index (χ3n) is 3.28. The highest BCUT2D eigenvalue weighted by atomic mass is 32.1. The van der Waals surface area contributed by atoms with Crippen LogP contribution in [0.25, 0.3) is 4.96 Å². The fourth-order valence-corrected chi connectivity index (χ4v) is 3.11. The molecule has 0 aliphatic heterocycles. The van der Waals surface area contributed by atoms with Gasteiger partial charge in [0, 0.05) is 23.8 Å². The summed E-state index contributed by atoms with van der Waals surface area (Å²) in [6.45, 7) is 4.02. The van der Waals surface area contributed by atoms with Crippen molar-refractivity contribution in [2.24, 2.45) is 5.92 Å². The highest BCUT2D eigenvalue weighted by Gasteiger charge is 2.18. The average Bonchev–Trinajstić information content (AvgIpc) is 2.95. The van der Waals surface area contributed by atoms with Crippen LogP contribution in [0.4, 0.5) is 0 Å². The minimum absolute atomic E-state index is 0.164. The van der Waals surface area contributed by atoms with Crippen molar-refractivity contribution >= 4 is 28.2 Å². The van der Waals surface area contributed by atoms with Crippen molar-refractivity contribution in [2.75, 3.05) is 6.54 Å². The summed E-state index contributed by atoms with van der Waals surface area (Å²) in [5.41, 5.74) is 1.79. The first kappa shape index (κ1) is 15.5. The third-order valence-corrected chi connectivity index (χ3v) is 4.17. The summed E-state index contributed by atoms with van der Waals surface area (Å²) in [4.78, 5) is 28.2. The Labute approximate surface area is 126 Å². The number of carboxylic acid groups (broad SMARTS) is 1. The summed E-state index contributed by atoms with van der Waals surface area (Å²) < 4.78 is 1.90. The van der Waals surface area contributed by atoms with Crippen LogP contribution in [-0.2, 0) is 16.0 Å². The lowest BCUT2D eigenvalue weighted by atomic mass is 10.0. The van der Waals surface area contributed by atoms with Crippen LogP contribution in [0.3, 0.4) is 0 Å². The minimum Gasteiger partial charge on any atom is -0.481 e. The SMILES string of the molecule is CCCC(CNC(=O)Cc1csc2nc(C)cn12)C(=O)O. The van der Waals surface area contributed by atoms with E-state index in [1.54, 1.807) is 0 Å². The lowest BCUT2D eigenvalue weighted by Gasteiger charge is -2.12. The summed E-state index contributed by atoms with van der Waals surface area (Å²) >= 11 is 1.49. The molecule has 21 heavy (non-hydrogen) atoms. The van der Waals surface area contributed by atoms with Crippen LogP contribution in [0.2, 0.25) is 0 Å². The van der Waals surface area contributed by atoms with Crippen LogP contribution < -0.4 is 5.32 Å². The second-order valence-corrected chi connectivity index (χ2v) is 5.90. The van der Waals surface area contributed by atoms with Gasteiger partial charge in [0.25, 0.3) is 0 Å². The van der Waals surface area contributed by atoms with Crippen molar-refractivity contribution < 1.29 is 14.7 Å². The van der Waals surface area contributed by atoms with E-state index >= 15 is 0 Å². The van der Waals surface area contributed by atoms with E-state index in [1.807, 2.05) is 29.8 Å². The monoisotopic (exact) mass is 309 g/mol. The number of hydrogen-bond acceptors (Lipinski definition) is 4. The third kappa shape index (κ3) is 3.81. The molecular weight excluding hydrogens is 290 g/mol. The highest BCUT2D eigenvalue weighted by Crippen LogP contribution is 2.16. The Morgan fingerprint density at radius 3 is 2.95 bits per heavy atom. The first-order chi connectivity index (χ1) is 10.0. The van der Waals surface area contributed by atoms with Gasteiger partial charge in [-0.1, -0.05) is 13.3 Å². The zero-order chi connectivity index (χ0) is 15.4. The molecule has 0 aliphatic rings. The molecule has 0 fully saturated rings. The van der Waals surface area contributed by atoms with E-state index in [9.17, 15) is 9.59 Å². The van der Waals surface area contributed by atoms with E-state index < -0.39 is 11.9 Å². The highest BCUT2D eigenvalue weighted by molar-refractivity contribution is 7.15. The molecule has 6 nitrogen and oxygen atoms in total. The minimum atomic E-state index is -0.861. The van der Waals surface area contributed by atoms with E-state index in [0.29, 0.717) is 6.42 Å². The number of aromatic nitrogens is 2. The van der Waals surface area contributed by atoms with Gasteiger partial charge in [0.05, 0.1) is 18.0 Å². The zero-order valence-electron chi connectivity index (χ0n) is 12.1. The Bertz CT molecular complexity index is 647. The molecule has 1 unspecified atom stereocenters. The maximum absolute atomic E-state index is 12.0. The number of thiazole rings is 1. The molecule has 1 atom stereocenters. The number of imidazole rings is 1. The smallest absolute Gasteiger partial charge is 0.308 e. The summed E-state index contributed by atoms with van der Waals surface area (Å²) in [5.74, 6) is -1.54. The Morgan fingerprint density at radius 1 is 1.52 bits per heavy atom. The van der Waals surface area contributed by atoms with E-state index in [0.717, 1.165) is 22.8 Å². The number of carbonyl (C=O) groups excluding carboxylic acids is 1. The predicted molar refractivity (Wildman–Crippen MR) is 80.6 cm³/mol. The van der Waals surface area contributed by atoms with E-state index in [1.165, 1.54) is 11.3 Å². The molecular formula is C14H19N3O3S. The Hall–Kier alpha value is -1.89. The maximum atomic E-state index is 12.0. The number of nitrogens with one attached hydrogen (secondary N) is 1. The number of nitrogens with zero attached hydrogens (tertiary/aromatic N) is 2. The molecule has 0 aromatic carbocycles. The van der Waals surface area contributed by atoms with Gasteiger partial charge in [-0.15, -0.1) is 11.3 Å². The molecule has 0 aliphatic carbocycles. The van der Waals surface area contributed by atoms with E-state index in [-0.39, 0.29) is 18.9 Å². The van der Waals surface area contributed by atoms with Crippen molar-refractivity contribution in [3.05, 3.63) is 23.0 Å². The standard InChI is InChI=1S/C14H19N3O3S/c1-3-4-10(13(19)20)6-15-12(18)5-11-8-21-14-16-9(2)7-17(11)14/h7-8,10H,3-6H2,1-2H3,(H,15,18)(H,19,20). The fourth-order valence-electron chi connectivity index (χ4n) is 2.19. The zero-order valence-corrected chi connectivity index (χ0v) is 12.9. The number of aryl methyl sites for hydroxylation is 1. The average molecular weight is 309 g/mol. The fraction of sp³-hybridized carbons (Fsp3) is 0.500. The molecule has 0 bridgehead atoms. The summed E-state index contributed by atoms with van der Waals surface area (Å²) in [6.07, 6.45) is 3.48. The first-order valence-corrected chi connectivity index (χ1v) is 7.80. The lowest BCUT2D eigenvalue weighted by molar-refractivity contribution is -0.141. The number of aliphatic carboxylic acids is 1. The maximum Gasteiger partial charge on any atom is 0.308 e. The molecule has 2 aromatic heterocycles. The lowest BCUT2D eigenvalue weighted by Crippen LogP contribution is -2.34. The molecule has 2 N–H and O–H groups in total. The van der Waals surface area contributed by atoms with Crippen LogP contribution in [0.5, 0.6) is 0 Å². The summed E-state index contributed by atoms with van der Waals surface area (Å²) in [6, 6.07) is 0. The van der Waals surface area contributed by atoms with Crippen molar-refractivity contribution in [2.45, 2.75) is 33.1 Å². The molecule has 0 radical (unpaired) electrons. The van der Waals surface area contributed by atoms with Crippen LogP contribution in [0, 0.1) is 12.8 Å². The van der Waals surface area contributed by atoms with Gasteiger partial charge in [0.1, 0.15) is 0 Å². The van der Waals surface area contributed by atoms with Gasteiger partial charge < -0.3 is 10.4 Å². The van der Waals surface area contributed by atoms with Gasteiger partial charge in [0.2, 0.25) is 5.91 Å². The van der Waals surface area contributed by atoms with Crippen LogP contribution in [-0.4, -0.2) is 32.9 Å². The first-order valence-electron chi connectivity index (χ1n) is 6.92. The van der Waals surface area contributed by atoms with E-state index in [4.69, 9.17) is 5.11 Å². The normalized spacial score (nSPS) is 12.5. The van der Waals surface area contributed by atoms with Crippen molar-refractivity contribution in [1.82, 2.24) is 14.7 Å². The van der Waals surface area contributed by atoms with Crippen molar-refractivity contribution in [1.29, 1.82) is 0 Å². The largest absolute Gasteiger partial charge is 0.481 e. The second kappa shape index (κ2) is 6.71. The molecule has 0 saturated heterocycles. The van der Waals surface area contributed by atoms with Gasteiger partial charge in [-0.2, -0.15) is 0 Å². The molecule has 2 heterocycles. The van der Waals surface area contributed by atoms with Gasteiger partial charge in [0.15, 0.2) is 4.96 Å². The van der Waals surface area contributed by atoms with Crippen LogP contribution in [0.1, 0.15) is 31.2 Å². The molecule has 2 aromatic rings. The summed E-state index contributed by atoms with van der Waals surface area (Å²) in [5, 5.41) is 13.7. The number of carbonyl (C=O) groups is 2. The number of hydrogen-bond donors (Lipinski definition) is 2. The van der Waals surface area contributed by atoms with Gasteiger partial charge in [-0.05, 0) is 13.3 Å². The second-order valence-electron chi connectivity index (χ2n) is 5.07. The van der Waals surface area contributed by atoms with Crippen molar-refractivity contribution in [3.63, 3.8) is 0 Å². The number of carboxylic acids is 1. The molecule has 2 rings (SSSR count). The molecule has 114 valence electrons. The Balaban J connectivity index is 1.93. The van der Waals surface area contributed by atoms with Gasteiger partial charge in [-0.3, -0.25) is 14.0 Å². The topological polar surface area (TPSA) is 83.7 Å². The Morgan fingerprint density at radius 2 is 2.29 bits per heavy atom. The molecule has 1 amide bonds. The van der Waals surface area contributed by atoms with Crippen molar-refractivity contribution in [3.8, 4) is 0 Å². The van der Waals surface area contributed by atoms with Gasteiger partial charge in [-0.25, -0.2) is 4.98 Å². The predicted octanol–water partition coefficient (Wildman–Crippen LogP) is 1.86. The molecule has 0 saturated carbocycles. The number of fused-ring (bicyclic) bond motifs is 1. The Kier molecular flexibility index (Phi) is 4.95. The van der Waals surface area contributed by atoms with Crippen LogP contribution in [0.15, 0.2) is 11.6 Å². The quantitative estimate of drug-likeness (QED) is 0.818. The van der Waals surface area contributed by atoms with Gasteiger partial charge >= 0.3 is 5.97 Å². The van der Waals surface area contributed by atoms with Crippen LogP contribution >= 0.6 is 11.3 Å². The summed E-state index contributed by atoms with van der Waals surface area (Å²) in [7, 11) is 0. The molecule has 0 spiro atoms. The van der Waals surface area contributed by atoms with E-state index in [2.05, 4.69) is 10.3 Å². The molecule has 7 heteroatoms.